The maximum absolute atomic E-state index is 12.6. The first-order chi connectivity index (χ1) is 13.3. The van der Waals surface area contributed by atoms with Crippen LogP contribution in [-0.4, -0.2) is 59.0 Å². The fourth-order valence-corrected chi connectivity index (χ4v) is 2.47. The van der Waals surface area contributed by atoms with Crippen LogP contribution in [0.4, 0.5) is 0 Å². The highest BCUT2D eigenvalue weighted by molar-refractivity contribution is 5.94. The lowest BCUT2D eigenvalue weighted by atomic mass is 10.0. The van der Waals surface area contributed by atoms with Crippen molar-refractivity contribution < 1.29 is 24.3 Å². The van der Waals surface area contributed by atoms with E-state index in [2.05, 4.69) is 16.0 Å². The summed E-state index contributed by atoms with van der Waals surface area (Å²) in [7, 11) is 0. The van der Waals surface area contributed by atoms with Gasteiger partial charge in [-0.25, -0.2) is 4.79 Å². The number of amides is 3. The third kappa shape index (κ3) is 10.8. The van der Waals surface area contributed by atoms with E-state index in [0.717, 1.165) is 0 Å². The lowest BCUT2D eigenvalue weighted by Gasteiger charge is -2.25. The summed E-state index contributed by atoms with van der Waals surface area (Å²) in [4.78, 5) is 48.5. The molecule has 168 valence electrons. The first kappa shape index (κ1) is 26.8. The second kappa shape index (κ2) is 12.4. The fourth-order valence-electron chi connectivity index (χ4n) is 2.47. The highest BCUT2D eigenvalue weighted by Gasteiger charge is 2.30. The summed E-state index contributed by atoms with van der Waals surface area (Å²) in [6.45, 7) is 8.71. The number of rotatable bonds is 13. The summed E-state index contributed by atoms with van der Waals surface area (Å²) in [5.74, 6) is -2.71. The normalized spacial score (nSPS) is 14.6. The van der Waals surface area contributed by atoms with Gasteiger partial charge in [0.1, 0.15) is 18.1 Å². The molecule has 0 heterocycles. The molecule has 0 fully saturated rings. The molecule has 0 aromatic rings. The number of hydrogen-bond acceptors (Lipinski definition) is 6. The van der Waals surface area contributed by atoms with Gasteiger partial charge in [0.2, 0.25) is 17.7 Å². The fraction of sp³-hybridized carbons (Fsp3) is 0.789. The minimum Gasteiger partial charge on any atom is -0.480 e. The zero-order valence-electron chi connectivity index (χ0n) is 18.1. The quantitative estimate of drug-likeness (QED) is 0.219. The monoisotopic (exact) mass is 415 g/mol. The van der Waals surface area contributed by atoms with Gasteiger partial charge < -0.3 is 32.5 Å². The van der Waals surface area contributed by atoms with E-state index >= 15 is 0 Å². The van der Waals surface area contributed by atoms with Gasteiger partial charge in [0.05, 0.1) is 5.54 Å². The van der Waals surface area contributed by atoms with Gasteiger partial charge in [0, 0.05) is 0 Å². The summed E-state index contributed by atoms with van der Waals surface area (Å²) in [6.07, 6.45) is 1.78. The molecule has 0 aliphatic rings. The van der Waals surface area contributed by atoms with E-state index in [1.54, 1.807) is 0 Å². The number of nitrogens with one attached hydrogen (secondary N) is 3. The Hall–Kier alpha value is -2.20. The van der Waals surface area contributed by atoms with Crippen molar-refractivity contribution in [2.24, 2.45) is 17.4 Å². The van der Waals surface area contributed by atoms with Gasteiger partial charge >= 0.3 is 5.97 Å². The Morgan fingerprint density at radius 3 is 1.93 bits per heavy atom. The second-order valence-corrected chi connectivity index (χ2v) is 8.29. The van der Waals surface area contributed by atoms with E-state index in [4.69, 9.17) is 11.5 Å². The smallest absolute Gasteiger partial charge is 0.326 e. The van der Waals surface area contributed by atoms with E-state index in [9.17, 15) is 24.3 Å². The third-order valence-corrected chi connectivity index (χ3v) is 4.23. The molecule has 0 radical (unpaired) electrons. The summed E-state index contributed by atoms with van der Waals surface area (Å²) >= 11 is 0. The zero-order chi connectivity index (χ0) is 22.8. The summed E-state index contributed by atoms with van der Waals surface area (Å²) in [5, 5.41) is 16.9. The predicted molar refractivity (Wildman–Crippen MR) is 110 cm³/mol. The first-order valence-corrected chi connectivity index (χ1v) is 9.93. The first-order valence-electron chi connectivity index (χ1n) is 9.93. The molecule has 0 bridgehead atoms. The van der Waals surface area contributed by atoms with Crippen molar-refractivity contribution in [1.29, 1.82) is 0 Å². The van der Waals surface area contributed by atoms with Gasteiger partial charge in [-0.1, -0.05) is 13.8 Å². The van der Waals surface area contributed by atoms with Crippen molar-refractivity contribution in [3.05, 3.63) is 0 Å². The molecule has 0 aliphatic heterocycles. The SMILES string of the molecule is CC(C)C[C@H](NC(=O)[C@H](C)NC(=O)C(C)(C)N)C(=O)N[C@@H](CCCCN)C(=O)O. The van der Waals surface area contributed by atoms with Crippen molar-refractivity contribution in [3.63, 3.8) is 0 Å². The molecular formula is C19H37N5O5. The van der Waals surface area contributed by atoms with Crippen molar-refractivity contribution in [3.8, 4) is 0 Å². The molecule has 0 saturated heterocycles. The highest BCUT2D eigenvalue weighted by atomic mass is 16.4. The van der Waals surface area contributed by atoms with Gasteiger partial charge in [-0.3, -0.25) is 14.4 Å². The molecule has 8 N–H and O–H groups in total. The Morgan fingerprint density at radius 2 is 1.48 bits per heavy atom. The highest BCUT2D eigenvalue weighted by Crippen LogP contribution is 2.08. The zero-order valence-corrected chi connectivity index (χ0v) is 18.1. The van der Waals surface area contributed by atoms with Gasteiger partial charge in [-0.15, -0.1) is 0 Å². The van der Waals surface area contributed by atoms with Crippen LogP contribution in [0.1, 0.15) is 60.3 Å². The number of carbonyl (C=O) groups excluding carboxylic acids is 3. The standard InChI is InChI=1S/C19H37N5O5/c1-11(2)10-14(16(26)23-13(17(27)28)8-6-7-9-20)24-15(25)12(3)22-18(29)19(4,5)21/h11-14H,6-10,20-21H2,1-5H3,(H,22,29)(H,23,26)(H,24,25)(H,27,28)/t12-,13-,14-/m0/s1. The number of carbonyl (C=O) groups is 4. The molecule has 0 saturated carbocycles. The molecule has 0 unspecified atom stereocenters. The molecule has 0 rings (SSSR count). The molecular weight excluding hydrogens is 378 g/mol. The predicted octanol–water partition coefficient (Wildman–Crippen LogP) is -0.542. The van der Waals surface area contributed by atoms with Crippen LogP contribution < -0.4 is 27.4 Å². The van der Waals surface area contributed by atoms with Crippen LogP contribution in [0, 0.1) is 5.92 Å². The second-order valence-electron chi connectivity index (χ2n) is 8.29. The molecule has 0 aromatic carbocycles. The number of carboxylic acids is 1. The van der Waals surface area contributed by atoms with Crippen LogP contribution in [0.15, 0.2) is 0 Å². The van der Waals surface area contributed by atoms with Gasteiger partial charge in [0.25, 0.3) is 0 Å². The number of nitrogens with two attached hydrogens (primary N) is 2. The topological polar surface area (TPSA) is 177 Å². The molecule has 0 spiro atoms. The van der Waals surface area contributed by atoms with Crippen molar-refractivity contribution in [1.82, 2.24) is 16.0 Å². The van der Waals surface area contributed by atoms with Gasteiger partial charge in [-0.2, -0.15) is 0 Å². The number of hydrogen-bond donors (Lipinski definition) is 6. The van der Waals surface area contributed by atoms with Crippen LogP contribution in [0.2, 0.25) is 0 Å². The van der Waals surface area contributed by atoms with Gasteiger partial charge in [0.15, 0.2) is 0 Å². The Kier molecular flexibility index (Phi) is 11.4. The minimum atomic E-state index is -1.15. The average molecular weight is 416 g/mol. The molecule has 3 amide bonds. The Bertz CT molecular complexity index is 574. The summed E-state index contributed by atoms with van der Waals surface area (Å²) in [6, 6.07) is -2.90. The lowest BCUT2D eigenvalue weighted by molar-refractivity contribution is -0.142. The van der Waals surface area contributed by atoms with Crippen LogP contribution in [0.3, 0.4) is 0 Å². The summed E-state index contributed by atoms with van der Waals surface area (Å²) < 4.78 is 0. The van der Waals surface area contributed by atoms with E-state index in [-0.39, 0.29) is 12.3 Å². The van der Waals surface area contributed by atoms with Gasteiger partial charge in [-0.05, 0) is 58.9 Å². The van der Waals surface area contributed by atoms with E-state index in [0.29, 0.717) is 25.8 Å². The maximum Gasteiger partial charge on any atom is 0.326 e. The van der Waals surface area contributed by atoms with Crippen LogP contribution in [0.25, 0.3) is 0 Å². The Morgan fingerprint density at radius 1 is 0.931 bits per heavy atom. The third-order valence-electron chi connectivity index (χ3n) is 4.23. The number of carboxylic acid groups (broad SMARTS) is 1. The van der Waals surface area contributed by atoms with E-state index < -0.39 is 47.4 Å². The lowest BCUT2D eigenvalue weighted by Crippen LogP contribution is -2.58. The minimum absolute atomic E-state index is 0.0689. The van der Waals surface area contributed by atoms with Crippen LogP contribution in [-0.2, 0) is 19.2 Å². The molecule has 29 heavy (non-hydrogen) atoms. The average Bonchev–Trinajstić information content (AvgIpc) is 2.58. The van der Waals surface area contributed by atoms with Crippen LogP contribution >= 0.6 is 0 Å². The largest absolute Gasteiger partial charge is 0.480 e. The van der Waals surface area contributed by atoms with E-state index in [1.165, 1.54) is 20.8 Å². The molecule has 0 aromatic heterocycles. The Labute approximate surface area is 172 Å². The molecule has 0 aliphatic carbocycles. The molecule has 10 nitrogen and oxygen atoms in total. The molecule has 3 atom stereocenters. The molecule has 10 heteroatoms. The van der Waals surface area contributed by atoms with Crippen molar-refractivity contribution in [2.75, 3.05) is 6.54 Å². The van der Waals surface area contributed by atoms with E-state index in [1.807, 2.05) is 13.8 Å². The van der Waals surface area contributed by atoms with Crippen LogP contribution in [0.5, 0.6) is 0 Å². The Balaban J connectivity index is 5.09. The van der Waals surface area contributed by atoms with Crippen molar-refractivity contribution in [2.45, 2.75) is 84.0 Å². The van der Waals surface area contributed by atoms with Crippen molar-refractivity contribution >= 4 is 23.7 Å². The maximum atomic E-state index is 12.6. The summed E-state index contributed by atoms with van der Waals surface area (Å²) in [5.41, 5.74) is 9.97. The number of unbranched alkanes of at least 4 members (excludes halogenated alkanes) is 1. The number of aliphatic carboxylic acids is 1.